The van der Waals surface area contributed by atoms with Gasteiger partial charge in [-0.15, -0.1) is 0 Å². The van der Waals surface area contributed by atoms with Crippen LogP contribution in [0.15, 0.2) is 54.9 Å². The molecule has 0 aliphatic heterocycles. The highest BCUT2D eigenvalue weighted by Crippen LogP contribution is 2.43. The van der Waals surface area contributed by atoms with Gasteiger partial charge in [0.15, 0.2) is 6.29 Å². The monoisotopic (exact) mass is 596 g/mol. The number of ether oxygens (including phenoxy) is 1. The van der Waals surface area contributed by atoms with Crippen LogP contribution in [-0.4, -0.2) is 51.6 Å². The number of aromatic nitrogens is 2. The van der Waals surface area contributed by atoms with Crippen LogP contribution in [0.25, 0.3) is 0 Å². The smallest absolute Gasteiger partial charge is 0.150 e. The van der Waals surface area contributed by atoms with E-state index >= 15 is 4.39 Å². The molecule has 2 N–H and O–H groups in total. The zero-order valence-electron chi connectivity index (χ0n) is 24.0. The summed E-state index contributed by atoms with van der Waals surface area (Å²) in [4.78, 5) is 22.0. The zero-order chi connectivity index (χ0) is 30.5. The van der Waals surface area contributed by atoms with Gasteiger partial charge in [0.2, 0.25) is 0 Å². The number of hydrogen-bond donors (Lipinski definition) is 2. The maximum atomic E-state index is 15.7. The summed E-state index contributed by atoms with van der Waals surface area (Å²) >= 11 is 5.54. The maximum absolute atomic E-state index is 15.7. The lowest BCUT2D eigenvalue weighted by atomic mass is 9.71. The molecule has 2 atom stereocenters. The van der Waals surface area contributed by atoms with E-state index < -0.39 is 17.6 Å². The van der Waals surface area contributed by atoms with Crippen molar-refractivity contribution in [1.29, 1.82) is 5.26 Å². The van der Waals surface area contributed by atoms with Gasteiger partial charge in [-0.05, 0) is 62.1 Å². The Hall–Kier alpha value is -3.26. The number of nitrogens with zero attached hydrogens (tertiary/aromatic N) is 4. The average Bonchev–Trinajstić information content (AvgIpc) is 3.02. The van der Waals surface area contributed by atoms with Gasteiger partial charge in [0.1, 0.15) is 23.9 Å². The summed E-state index contributed by atoms with van der Waals surface area (Å²) in [5, 5.41) is 30.6. The molecule has 1 aliphatic rings. The second kappa shape index (κ2) is 16.4. The fourth-order valence-corrected chi connectivity index (χ4v) is 5.51. The molecule has 2 aromatic carbocycles. The Balaban J connectivity index is 0.000000603. The Morgan fingerprint density at radius 1 is 1.21 bits per heavy atom. The largest absolute Gasteiger partial charge is 0.394 e. The van der Waals surface area contributed by atoms with Crippen molar-refractivity contribution in [3.05, 3.63) is 93.8 Å². The van der Waals surface area contributed by atoms with Crippen LogP contribution in [0.5, 0.6) is 0 Å². The summed E-state index contributed by atoms with van der Waals surface area (Å²) in [5.41, 5.74) is -0.403. The molecule has 1 aromatic heterocycles. The SMILES string of the molecule is CCC(O)(c1cc(F)c(C(OCCO)N(C)Cc2ncc(C#N)cn2)c(C=O)c1)C1CCCCC1.Clc1ccccc1. The van der Waals surface area contributed by atoms with Crippen molar-refractivity contribution in [2.24, 2.45) is 5.92 Å². The minimum absolute atomic E-state index is 0.00337. The minimum Gasteiger partial charge on any atom is -0.394 e. The molecule has 0 amide bonds. The van der Waals surface area contributed by atoms with Crippen molar-refractivity contribution >= 4 is 17.9 Å². The van der Waals surface area contributed by atoms with Crippen molar-refractivity contribution in [2.75, 3.05) is 20.3 Å². The number of carbonyl (C=O) groups is 1. The summed E-state index contributed by atoms with van der Waals surface area (Å²) in [7, 11) is 1.66. The lowest BCUT2D eigenvalue weighted by Gasteiger charge is -2.39. The Labute approximate surface area is 251 Å². The van der Waals surface area contributed by atoms with E-state index in [4.69, 9.17) is 21.6 Å². The average molecular weight is 597 g/mol. The van der Waals surface area contributed by atoms with Gasteiger partial charge in [-0.1, -0.05) is 56.0 Å². The number of carbonyl (C=O) groups excluding carboxylic acids is 1. The number of hydrogen-bond acceptors (Lipinski definition) is 8. The van der Waals surface area contributed by atoms with E-state index in [-0.39, 0.29) is 36.8 Å². The first kappa shape index (κ1) is 33.2. The van der Waals surface area contributed by atoms with Crippen LogP contribution in [0.1, 0.15) is 84.5 Å². The molecule has 0 bridgehead atoms. The second-order valence-corrected chi connectivity index (χ2v) is 10.8. The summed E-state index contributed by atoms with van der Waals surface area (Å²) in [6.07, 6.45) is 7.64. The van der Waals surface area contributed by atoms with Crippen LogP contribution in [0.3, 0.4) is 0 Å². The lowest BCUT2D eigenvalue weighted by molar-refractivity contribution is -0.0680. The third kappa shape index (κ3) is 8.63. The number of rotatable bonds is 11. The molecule has 4 rings (SSSR count). The first-order valence-corrected chi connectivity index (χ1v) is 14.5. The molecule has 1 saturated carbocycles. The number of aliphatic hydroxyl groups is 2. The second-order valence-electron chi connectivity index (χ2n) is 10.3. The highest BCUT2D eigenvalue weighted by atomic mass is 35.5. The highest BCUT2D eigenvalue weighted by Gasteiger charge is 2.39. The molecule has 10 heteroatoms. The first-order chi connectivity index (χ1) is 20.3. The van der Waals surface area contributed by atoms with Gasteiger partial charge in [0.05, 0.1) is 30.9 Å². The molecular formula is C32H38ClFN4O4. The maximum Gasteiger partial charge on any atom is 0.150 e. The van der Waals surface area contributed by atoms with Crippen molar-refractivity contribution < 1.29 is 24.1 Å². The zero-order valence-corrected chi connectivity index (χ0v) is 24.8. The van der Waals surface area contributed by atoms with Crippen molar-refractivity contribution in [2.45, 2.75) is 63.8 Å². The third-order valence-electron chi connectivity index (χ3n) is 7.58. The van der Waals surface area contributed by atoms with E-state index in [9.17, 15) is 15.0 Å². The topological polar surface area (TPSA) is 120 Å². The minimum atomic E-state index is -1.22. The van der Waals surface area contributed by atoms with Gasteiger partial charge in [0.25, 0.3) is 0 Å². The number of halogens is 2. The van der Waals surface area contributed by atoms with Gasteiger partial charge in [-0.25, -0.2) is 14.4 Å². The molecule has 224 valence electrons. The Morgan fingerprint density at radius 2 is 1.88 bits per heavy atom. The molecule has 42 heavy (non-hydrogen) atoms. The number of aldehydes is 1. The number of benzene rings is 2. The van der Waals surface area contributed by atoms with Crippen LogP contribution in [-0.2, 0) is 16.9 Å². The molecule has 2 unspecified atom stereocenters. The Bertz CT molecular complexity index is 1320. The molecule has 1 heterocycles. The fraction of sp³-hybridized carbons (Fsp3) is 0.438. The lowest BCUT2D eigenvalue weighted by Crippen LogP contribution is -2.36. The van der Waals surface area contributed by atoms with E-state index in [1.807, 2.05) is 43.3 Å². The molecule has 1 aliphatic carbocycles. The molecule has 1 fully saturated rings. The van der Waals surface area contributed by atoms with Gasteiger partial charge >= 0.3 is 0 Å². The third-order valence-corrected chi connectivity index (χ3v) is 7.83. The van der Waals surface area contributed by atoms with E-state index in [1.54, 1.807) is 18.0 Å². The summed E-state index contributed by atoms with van der Waals surface area (Å²) < 4.78 is 21.5. The van der Waals surface area contributed by atoms with Gasteiger partial charge in [-0.3, -0.25) is 9.69 Å². The first-order valence-electron chi connectivity index (χ1n) is 14.1. The molecule has 8 nitrogen and oxygen atoms in total. The molecular weight excluding hydrogens is 559 g/mol. The van der Waals surface area contributed by atoms with E-state index in [1.165, 1.54) is 18.5 Å². The predicted molar refractivity (Wildman–Crippen MR) is 158 cm³/mol. The predicted octanol–water partition coefficient (Wildman–Crippen LogP) is 5.96. The van der Waals surface area contributed by atoms with Crippen LogP contribution < -0.4 is 0 Å². The molecule has 0 radical (unpaired) electrons. The van der Waals surface area contributed by atoms with Crippen molar-refractivity contribution in [1.82, 2.24) is 14.9 Å². The number of aliphatic hydroxyl groups excluding tert-OH is 1. The van der Waals surface area contributed by atoms with Crippen LogP contribution >= 0.6 is 11.6 Å². The van der Waals surface area contributed by atoms with Crippen LogP contribution in [0, 0.1) is 23.1 Å². The molecule has 0 spiro atoms. The van der Waals surface area contributed by atoms with E-state index in [0.29, 0.717) is 29.7 Å². The standard InChI is InChI=1S/C26H33FN4O4.C6H5Cl/c1-3-26(34,20-7-5-4-6-8-20)21-11-19(17-33)24(22(27)12-21)25(35-10-9-32)31(2)16-23-29-14-18(13-28)15-30-23;7-6-4-2-1-3-5-6/h11-12,14-15,17,20,25,32,34H,3-10,16H2,1-2H3;1-5H. The Kier molecular flexibility index (Phi) is 13.0. The summed E-state index contributed by atoms with van der Waals surface area (Å²) in [5.74, 6) is -0.280. The summed E-state index contributed by atoms with van der Waals surface area (Å²) in [6, 6.07) is 14.3. The fourth-order valence-electron chi connectivity index (χ4n) is 5.37. The normalized spacial score (nSPS) is 15.7. The van der Waals surface area contributed by atoms with E-state index in [2.05, 4.69) is 9.97 Å². The van der Waals surface area contributed by atoms with Crippen LogP contribution in [0.4, 0.5) is 4.39 Å². The van der Waals surface area contributed by atoms with Crippen LogP contribution in [0.2, 0.25) is 5.02 Å². The molecule has 3 aromatic rings. The van der Waals surface area contributed by atoms with Gasteiger partial charge in [0, 0.05) is 28.5 Å². The van der Waals surface area contributed by atoms with Crippen molar-refractivity contribution in [3.8, 4) is 6.07 Å². The van der Waals surface area contributed by atoms with Gasteiger partial charge < -0.3 is 14.9 Å². The Morgan fingerprint density at radius 3 is 2.40 bits per heavy atom. The number of nitriles is 1. The van der Waals surface area contributed by atoms with Gasteiger partial charge in [-0.2, -0.15) is 5.26 Å². The van der Waals surface area contributed by atoms with Crippen molar-refractivity contribution in [3.63, 3.8) is 0 Å². The quantitative estimate of drug-likeness (QED) is 0.206. The summed E-state index contributed by atoms with van der Waals surface area (Å²) in [6.45, 7) is 1.65. The highest BCUT2D eigenvalue weighted by molar-refractivity contribution is 6.30. The molecule has 0 saturated heterocycles. The van der Waals surface area contributed by atoms with E-state index in [0.717, 1.165) is 37.1 Å².